The third kappa shape index (κ3) is 3.69. The number of nitrogens with two attached hydrogens (primary N) is 1. The minimum atomic E-state index is -3.55. The van der Waals surface area contributed by atoms with Gasteiger partial charge in [0.2, 0.25) is 10.0 Å². The van der Waals surface area contributed by atoms with Crippen molar-refractivity contribution in [3.05, 3.63) is 49.0 Å². The van der Waals surface area contributed by atoms with E-state index >= 15 is 0 Å². The van der Waals surface area contributed by atoms with E-state index in [0.717, 1.165) is 14.9 Å². The van der Waals surface area contributed by atoms with E-state index in [2.05, 4.69) is 36.6 Å². The van der Waals surface area contributed by atoms with E-state index in [1.165, 1.54) is 11.3 Å². The lowest BCUT2D eigenvalue weighted by molar-refractivity contribution is 0.581. The monoisotopic (exact) mass is 438 g/mol. The molecule has 1 aromatic heterocycles. The fourth-order valence-corrected chi connectivity index (χ4v) is 6.50. The molecular weight excluding hydrogens is 428 g/mol. The largest absolute Gasteiger partial charge is 0.326 e. The van der Waals surface area contributed by atoms with Gasteiger partial charge in [-0.25, -0.2) is 13.1 Å². The fourth-order valence-electron chi connectivity index (χ4n) is 1.69. The number of benzene rings is 1. The Balaban J connectivity index is 2.20. The number of hydrogen-bond donors (Lipinski definition) is 2. The number of sulfonamides is 1. The maximum absolute atomic E-state index is 12.3. The highest BCUT2D eigenvalue weighted by Gasteiger charge is 2.20. The van der Waals surface area contributed by atoms with Crippen molar-refractivity contribution in [2.45, 2.75) is 18.0 Å². The molecule has 0 aliphatic rings. The van der Waals surface area contributed by atoms with E-state index in [0.29, 0.717) is 10.3 Å². The van der Waals surface area contributed by atoms with Gasteiger partial charge in [-0.2, -0.15) is 0 Å². The van der Waals surface area contributed by atoms with Crippen LogP contribution in [-0.2, 0) is 23.1 Å². The summed E-state index contributed by atoms with van der Waals surface area (Å²) >= 11 is 7.85. The number of rotatable bonds is 5. The summed E-state index contributed by atoms with van der Waals surface area (Å²) in [6, 6.07) is 9.07. The van der Waals surface area contributed by atoms with E-state index in [1.807, 2.05) is 24.3 Å². The molecule has 0 fully saturated rings. The summed E-state index contributed by atoms with van der Waals surface area (Å²) < 4.78 is 28.4. The lowest BCUT2D eigenvalue weighted by Gasteiger charge is -2.09. The molecule has 20 heavy (non-hydrogen) atoms. The van der Waals surface area contributed by atoms with Gasteiger partial charge < -0.3 is 5.73 Å². The Kier molecular flexibility index (Phi) is 5.38. The molecule has 3 N–H and O–H groups in total. The highest BCUT2D eigenvalue weighted by molar-refractivity contribution is 9.12. The Bertz CT molecular complexity index is 714. The summed E-state index contributed by atoms with van der Waals surface area (Å²) in [7, 11) is -3.55. The fraction of sp³-hybridized carbons (Fsp3) is 0.167. The molecule has 1 heterocycles. The summed E-state index contributed by atoms with van der Waals surface area (Å²) in [6.45, 7) is 0.598. The molecule has 0 amide bonds. The SMILES string of the molecule is NCc1ccccc1CNS(=O)(=O)c1cc(Br)sc1Br. The predicted octanol–water partition coefficient (Wildman–Crippen LogP) is 3.21. The summed E-state index contributed by atoms with van der Waals surface area (Å²) in [5.41, 5.74) is 7.45. The molecule has 0 saturated heterocycles. The summed E-state index contributed by atoms with van der Waals surface area (Å²) in [6.07, 6.45) is 0. The van der Waals surface area contributed by atoms with Crippen LogP contribution in [0.3, 0.4) is 0 Å². The van der Waals surface area contributed by atoms with Crippen LogP contribution in [0.4, 0.5) is 0 Å². The summed E-state index contributed by atoms with van der Waals surface area (Å²) in [5.74, 6) is 0. The van der Waals surface area contributed by atoms with Gasteiger partial charge in [0.05, 0.1) is 7.57 Å². The van der Waals surface area contributed by atoms with Crippen LogP contribution in [0.15, 0.2) is 42.8 Å². The van der Waals surface area contributed by atoms with E-state index in [9.17, 15) is 8.42 Å². The minimum absolute atomic E-state index is 0.218. The molecular formula is C12H12Br2N2O2S2. The molecule has 4 nitrogen and oxygen atoms in total. The first-order chi connectivity index (χ1) is 9.44. The highest BCUT2D eigenvalue weighted by atomic mass is 79.9. The van der Waals surface area contributed by atoms with Crippen LogP contribution in [0.5, 0.6) is 0 Å². The Morgan fingerprint density at radius 3 is 2.40 bits per heavy atom. The lowest BCUT2D eigenvalue weighted by atomic mass is 10.1. The average molecular weight is 440 g/mol. The second-order valence-electron chi connectivity index (χ2n) is 3.99. The summed E-state index contributed by atoms with van der Waals surface area (Å²) in [4.78, 5) is 0.236. The van der Waals surface area contributed by atoms with Crippen LogP contribution in [0.25, 0.3) is 0 Å². The van der Waals surface area contributed by atoms with Crippen molar-refractivity contribution in [1.82, 2.24) is 4.72 Å². The molecule has 108 valence electrons. The zero-order valence-electron chi connectivity index (χ0n) is 10.3. The van der Waals surface area contributed by atoms with Gasteiger partial charge in [-0.1, -0.05) is 24.3 Å². The number of halogens is 2. The number of hydrogen-bond acceptors (Lipinski definition) is 4. The van der Waals surface area contributed by atoms with Crippen molar-refractivity contribution in [3.8, 4) is 0 Å². The first-order valence-corrected chi connectivity index (χ1v) is 9.54. The minimum Gasteiger partial charge on any atom is -0.326 e. The van der Waals surface area contributed by atoms with E-state index in [4.69, 9.17) is 5.73 Å². The number of nitrogens with one attached hydrogen (secondary N) is 1. The van der Waals surface area contributed by atoms with Gasteiger partial charge in [0.25, 0.3) is 0 Å². The van der Waals surface area contributed by atoms with Crippen molar-refractivity contribution in [2.75, 3.05) is 0 Å². The first kappa shape index (κ1) is 16.1. The molecule has 0 spiro atoms. The van der Waals surface area contributed by atoms with E-state index in [-0.39, 0.29) is 11.4 Å². The van der Waals surface area contributed by atoms with Crippen LogP contribution in [0, 0.1) is 0 Å². The van der Waals surface area contributed by atoms with E-state index < -0.39 is 10.0 Å². The Morgan fingerprint density at radius 2 is 1.85 bits per heavy atom. The van der Waals surface area contributed by atoms with Gasteiger partial charge in [-0.05, 0) is 49.1 Å². The van der Waals surface area contributed by atoms with Crippen molar-refractivity contribution in [2.24, 2.45) is 5.73 Å². The lowest BCUT2D eigenvalue weighted by Crippen LogP contribution is -2.24. The van der Waals surface area contributed by atoms with Crippen molar-refractivity contribution >= 4 is 53.2 Å². The van der Waals surface area contributed by atoms with Crippen LogP contribution in [0.1, 0.15) is 11.1 Å². The Morgan fingerprint density at radius 1 is 1.20 bits per heavy atom. The maximum Gasteiger partial charge on any atom is 0.242 e. The van der Waals surface area contributed by atoms with Crippen LogP contribution < -0.4 is 10.5 Å². The molecule has 0 saturated carbocycles. The average Bonchev–Trinajstić information content (AvgIpc) is 2.76. The molecule has 8 heteroatoms. The molecule has 0 unspecified atom stereocenters. The van der Waals surface area contributed by atoms with E-state index in [1.54, 1.807) is 6.07 Å². The second kappa shape index (κ2) is 6.67. The summed E-state index contributed by atoms with van der Waals surface area (Å²) in [5, 5.41) is 0. The van der Waals surface area contributed by atoms with Gasteiger partial charge in [-0.3, -0.25) is 0 Å². The van der Waals surface area contributed by atoms with Crippen LogP contribution >= 0.6 is 43.2 Å². The zero-order chi connectivity index (χ0) is 14.8. The molecule has 0 radical (unpaired) electrons. The highest BCUT2D eigenvalue weighted by Crippen LogP contribution is 2.34. The second-order valence-corrected chi connectivity index (χ2v) is 9.47. The quantitative estimate of drug-likeness (QED) is 0.751. The molecule has 0 aliphatic heterocycles. The van der Waals surface area contributed by atoms with Crippen LogP contribution in [0.2, 0.25) is 0 Å². The molecule has 1 aromatic carbocycles. The molecule has 0 bridgehead atoms. The smallest absolute Gasteiger partial charge is 0.242 e. The molecule has 0 aliphatic carbocycles. The van der Waals surface area contributed by atoms with Gasteiger partial charge in [0.1, 0.15) is 4.90 Å². The van der Waals surface area contributed by atoms with Crippen molar-refractivity contribution in [1.29, 1.82) is 0 Å². The van der Waals surface area contributed by atoms with Crippen LogP contribution in [-0.4, -0.2) is 8.42 Å². The van der Waals surface area contributed by atoms with Crippen molar-refractivity contribution < 1.29 is 8.42 Å². The topological polar surface area (TPSA) is 72.2 Å². The van der Waals surface area contributed by atoms with Gasteiger partial charge >= 0.3 is 0 Å². The first-order valence-electron chi connectivity index (χ1n) is 5.65. The maximum atomic E-state index is 12.3. The molecule has 2 aromatic rings. The third-order valence-corrected chi connectivity index (χ3v) is 6.86. The molecule has 0 atom stereocenters. The van der Waals surface area contributed by atoms with Gasteiger partial charge in [0.15, 0.2) is 0 Å². The van der Waals surface area contributed by atoms with Crippen molar-refractivity contribution in [3.63, 3.8) is 0 Å². The standard InChI is InChI=1S/C12H12Br2N2O2S2/c13-11-5-10(12(14)19-11)20(17,18)16-7-9-4-2-1-3-8(9)6-15/h1-5,16H,6-7,15H2. The predicted molar refractivity (Wildman–Crippen MR) is 88.1 cm³/mol. The molecule has 2 rings (SSSR count). The van der Waals surface area contributed by atoms with Gasteiger partial charge in [0, 0.05) is 13.1 Å². The normalized spacial score (nSPS) is 11.8. The third-order valence-electron chi connectivity index (χ3n) is 2.71. The zero-order valence-corrected chi connectivity index (χ0v) is 15.1. The Hall–Kier alpha value is -0.250. The Labute approximate surface area is 138 Å². The van der Waals surface area contributed by atoms with Gasteiger partial charge in [-0.15, -0.1) is 11.3 Å². The number of thiophene rings is 1.